The number of fused-ring (bicyclic) bond motifs is 1. The quantitative estimate of drug-likeness (QED) is 0.630. The number of carbonyl (C=O) groups is 1. The van der Waals surface area contributed by atoms with E-state index in [0.717, 1.165) is 36.1 Å². The van der Waals surface area contributed by atoms with Crippen LogP contribution in [0.5, 0.6) is 5.75 Å². The van der Waals surface area contributed by atoms with Crippen molar-refractivity contribution in [3.05, 3.63) is 51.6 Å². The topological polar surface area (TPSA) is 97.7 Å². The first-order valence-electron chi connectivity index (χ1n) is 9.90. The zero-order valence-corrected chi connectivity index (χ0v) is 18.9. The average molecular weight is 462 g/mol. The second-order valence-corrected chi connectivity index (χ2v) is 10.1. The van der Waals surface area contributed by atoms with E-state index in [2.05, 4.69) is 4.72 Å². The fourth-order valence-electron chi connectivity index (χ4n) is 3.70. The van der Waals surface area contributed by atoms with Crippen molar-refractivity contribution >= 4 is 43.2 Å². The molecule has 8 nitrogen and oxygen atoms in total. The van der Waals surface area contributed by atoms with Crippen molar-refractivity contribution in [1.29, 1.82) is 0 Å². The van der Waals surface area contributed by atoms with Gasteiger partial charge in [-0.3, -0.25) is 14.3 Å². The number of sulfonamides is 1. The minimum absolute atomic E-state index is 0.0324. The molecule has 0 unspecified atom stereocenters. The van der Waals surface area contributed by atoms with Gasteiger partial charge in [-0.15, -0.1) is 0 Å². The fraction of sp³-hybridized carbons (Fsp3) is 0.333. The van der Waals surface area contributed by atoms with E-state index in [-0.39, 0.29) is 21.2 Å². The van der Waals surface area contributed by atoms with Gasteiger partial charge in [-0.05, 0) is 55.7 Å². The molecule has 0 atom stereocenters. The van der Waals surface area contributed by atoms with Crippen LogP contribution in [0.2, 0.25) is 0 Å². The number of hydrogen-bond acceptors (Lipinski definition) is 6. The second kappa shape index (κ2) is 8.35. The maximum absolute atomic E-state index is 13.0. The van der Waals surface area contributed by atoms with Crippen LogP contribution in [0.1, 0.15) is 29.6 Å². The Kier molecular flexibility index (Phi) is 5.76. The maximum atomic E-state index is 13.0. The van der Waals surface area contributed by atoms with Gasteiger partial charge >= 0.3 is 4.87 Å². The molecule has 3 aromatic rings. The molecule has 10 heteroatoms. The standard InChI is InChI=1S/C21H23N3O5S2/c1-23-17-8-6-14(12-19(17)30-21(23)26)22-31(27,28)15-7-9-18(29-2)16(13-15)20(25)24-10-4-3-5-11-24/h6-9,12-13,22H,3-5,10-11H2,1-2H3. The van der Waals surface area contributed by atoms with Crippen molar-refractivity contribution in [3.8, 4) is 5.75 Å². The summed E-state index contributed by atoms with van der Waals surface area (Å²) >= 11 is 1.05. The number of rotatable bonds is 5. The molecule has 0 aliphatic carbocycles. The number of piperidine rings is 1. The van der Waals surface area contributed by atoms with Crippen molar-refractivity contribution in [2.75, 3.05) is 24.9 Å². The Morgan fingerprint density at radius 2 is 1.84 bits per heavy atom. The molecule has 0 saturated carbocycles. The van der Waals surface area contributed by atoms with Crippen molar-refractivity contribution in [2.24, 2.45) is 7.05 Å². The van der Waals surface area contributed by atoms with Crippen LogP contribution in [0.4, 0.5) is 5.69 Å². The number of nitrogens with one attached hydrogen (secondary N) is 1. The second-order valence-electron chi connectivity index (χ2n) is 7.43. The molecule has 2 heterocycles. The third-order valence-corrected chi connectivity index (χ3v) is 7.77. The van der Waals surface area contributed by atoms with Crippen LogP contribution >= 0.6 is 11.3 Å². The van der Waals surface area contributed by atoms with Gasteiger partial charge in [0.05, 0.1) is 33.5 Å². The van der Waals surface area contributed by atoms with Crippen molar-refractivity contribution in [3.63, 3.8) is 0 Å². The predicted molar refractivity (Wildman–Crippen MR) is 121 cm³/mol. The molecule has 1 fully saturated rings. The molecule has 0 spiro atoms. The van der Waals surface area contributed by atoms with E-state index in [9.17, 15) is 18.0 Å². The van der Waals surface area contributed by atoms with Gasteiger partial charge < -0.3 is 14.2 Å². The molecule has 2 aromatic carbocycles. The van der Waals surface area contributed by atoms with Crippen LogP contribution in [-0.4, -0.2) is 44.0 Å². The molecule has 0 bridgehead atoms. The SMILES string of the molecule is COc1ccc(S(=O)(=O)Nc2ccc3c(c2)sc(=O)n3C)cc1C(=O)N1CCCCC1. The van der Waals surface area contributed by atoms with E-state index in [1.54, 1.807) is 30.1 Å². The number of aromatic nitrogens is 1. The normalized spacial score (nSPS) is 14.6. The molecule has 1 saturated heterocycles. The molecule has 1 amide bonds. The Labute approximate surface area is 184 Å². The molecule has 4 rings (SSSR count). The van der Waals surface area contributed by atoms with Crippen molar-refractivity contribution in [2.45, 2.75) is 24.2 Å². The van der Waals surface area contributed by atoms with Gasteiger partial charge in [0.15, 0.2) is 0 Å². The Morgan fingerprint density at radius 1 is 1.10 bits per heavy atom. The monoisotopic (exact) mass is 461 g/mol. The van der Waals surface area contributed by atoms with Gasteiger partial charge in [0.25, 0.3) is 15.9 Å². The largest absolute Gasteiger partial charge is 0.496 e. The highest BCUT2D eigenvalue weighted by atomic mass is 32.2. The number of aryl methyl sites for hydroxylation is 1. The van der Waals surface area contributed by atoms with Crippen LogP contribution in [0.15, 0.2) is 46.1 Å². The molecule has 1 aromatic heterocycles. The summed E-state index contributed by atoms with van der Waals surface area (Å²) in [6.07, 6.45) is 2.95. The van der Waals surface area contributed by atoms with Gasteiger partial charge in [-0.25, -0.2) is 8.42 Å². The van der Waals surface area contributed by atoms with Crippen molar-refractivity contribution in [1.82, 2.24) is 9.47 Å². The molecule has 1 N–H and O–H groups in total. The maximum Gasteiger partial charge on any atom is 0.307 e. The van der Waals surface area contributed by atoms with E-state index in [1.165, 1.54) is 29.9 Å². The highest BCUT2D eigenvalue weighted by molar-refractivity contribution is 7.92. The van der Waals surface area contributed by atoms with E-state index in [1.807, 2.05) is 0 Å². The Balaban J connectivity index is 1.66. The molecule has 164 valence electrons. The lowest BCUT2D eigenvalue weighted by molar-refractivity contribution is 0.0720. The highest BCUT2D eigenvalue weighted by Crippen LogP contribution is 2.28. The summed E-state index contributed by atoms with van der Waals surface area (Å²) in [6.45, 7) is 1.30. The Hall–Kier alpha value is -2.85. The van der Waals surface area contributed by atoms with Gasteiger partial charge in [0.2, 0.25) is 0 Å². The summed E-state index contributed by atoms with van der Waals surface area (Å²) in [5.41, 5.74) is 1.30. The lowest BCUT2D eigenvalue weighted by atomic mass is 10.1. The van der Waals surface area contributed by atoms with Crippen LogP contribution in [0.25, 0.3) is 10.2 Å². The zero-order valence-electron chi connectivity index (χ0n) is 17.3. The number of amides is 1. The van der Waals surface area contributed by atoms with Gasteiger partial charge in [-0.2, -0.15) is 0 Å². The Morgan fingerprint density at radius 3 is 2.55 bits per heavy atom. The molecular formula is C21H23N3O5S2. The van der Waals surface area contributed by atoms with Crippen LogP contribution < -0.4 is 14.3 Å². The number of nitrogens with zero attached hydrogens (tertiary/aromatic N) is 2. The lowest BCUT2D eigenvalue weighted by Crippen LogP contribution is -2.35. The first-order chi connectivity index (χ1) is 14.8. The number of likely N-dealkylation sites (tertiary alicyclic amines) is 1. The smallest absolute Gasteiger partial charge is 0.307 e. The summed E-state index contributed by atoms with van der Waals surface area (Å²) in [5.74, 6) is 0.106. The first kappa shape index (κ1) is 21.4. The van der Waals surface area contributed by atoms with E-state index < -0.39 is 10.0 Å². The fourth-order valence-corrected chi connectivity index (χ4v) is 5.69. The summed E-state index contributed by atoms with van der Waals surface area (Å²) in [4.78, 5) is 26.4. The summed E-state index contributed by atoms with van der Waals surface area (Å²) in [7, 11) is -0.830. The average Bonchev–Trinajstić information content (AvgIpc) is 3.06. The van der Waals surface area contributed by atoms with Crippen LogP contribution in [0, 0.1) is 0 Å². The number of carbonyl (C=O) groups excluding carboxylic acids is 1. The van der Waals surface area contributed by atoms with E-state index in [4.69, 9.17) is 4.74 Å². The molecule has 1 aliphatic rings. The number of methoxy groups -OCH3 is 1. The summed E-state index contributed by atoms with van der Waals surface area (Å²) in [5, 5.41) is 0. The first-order valence-corrected chi connectivity index (χ1v) is 12.2. The van der Waals surface area contributed by atoms with E-state index >= 15 is 0 Å². The minimum atomic E-state index is -3.95. The molecule has 0 radical (unpaired) electrons. The third-order valence-electron chi connectivity index (χ3n) is 5.40. The number of ether oxygens (including phenoxy) is 1. The molecule has 31 heavy (non-hydrogen) atoms. The van der Waals surface area contributed by atoms with Crippen LogP contribution in [-0.2, 0) is 17.1 Å². The number of thiazole rings is 1. The predicted octanol–water partition coefficient (Wildman–Crippen LogP) is 3.04. The highest BCUT2D eigenvalue weighted by Gasteiger charge is 2.24. The number of benzene rings is 2. The summed E-state index contributed by atoms with van der Waals surface area (Å²) < 4.78 is 36.1. The zero-order chi connectivity index (χ0) is 22.2. The van der Waals surface area contributed by atoms with Crippen molar-refractivity contribution < 1.29 is 17.9 Å². The minimum Gasteiger partial charge on any atom is -0.496 e. The summed E-state index contributed by atoms with van der Waals surface area (Å²) in [6, 6.07) is 9.20. The van der Waals surface area contributed by atoms with Gasteiger partial charge in [-0.1, -0.05) is 11.3 Å². The lowest BCUT2D eigenvalue weighted by Gasteiger charge is -2.27. The van der Waals surface area contributed by atoms with E-state index in [0.29, 0.717) is 29.2 Å². The third kappa shape index (κ3) is 4.17. The molecule has 1 aliphatic heterocycles. The number of anilines is 1. The van der Waals surface area contributed by atoms with Crippen LogP contribution in [0.3, 0.4) is 0 Å². The molecular weight excluding hydrogens is 438 g/mol. The Bertz CT molecular complexity index is 1300. The number of hydrogen-bond donors (Lipinski definition) is 1. The van der Waals surface area contributed by atoms with Gasteiger partial charge in [0, 0.05) is 20.1 Å². The van der Waals surface area contributed by atoms with Gasteiger partial charge in [0.1, 0.15) is 5.75 Å².